The van der Waals surface area contributed by atoms with Gasteiger partial charge in [-0.25, -0.2) is 4.39 Å². The maximum atomic E-state index is 13.2. The van der Waals surface area contributed by atoms with Crippen molar-refractivity contribution in [2.75, 3.05) is 0 Å². The fraction of sp³-hybridized carbons (Fsp3) is 0.222. The SMILES string of the molecule is Cl.NC(=O)[C@@H](N)Cc1cc(Br)ccc1F. The van der Waals surface area contributed by atoms with Gasteiger partial charge in [0.15, 0.2) is 0 Å². The number of halogens is 3. The topological polar surface area (TPSA) is 69.1 Å². The minimum Gasteiger partial charge on any atom is -0.368 e. The monoisotopic (exact) mass is 296 g/mol. The van der Waals surface area contributed by atoms with Crippen LogP contribution in [0.4, 0.5) is 4.39 Å². The Kier molecular flexibility index (Phi) is 5.79. The maximum Gasteiger partial charge on any atom is 0.234 e. The van der Waals surface area contributed by atoms with Crippen molar-refractivity contribution in [2.45, 2.75) is 12.5 Å². The van der Waals surface area contributed by atoms with Crippen LogP contribution in [0.1, 0.15) is 5.56 Å². The lowest BCUT2D eigenvalue weighted by Gasteiger charge is -2.08. The van der Waals surface area contributed by atoms with Crippen LogP contribution in [0.15, 0.2) is 22.7 Å². The Morgan fingerprint density at radius 3 is 2.67 bits per heavy atom. The van der Waals surface area contributed by atoms with E-state index in [9.17, 15) is 9.18 Å². The average molecular weight is 298 g/mol. The largest absolute Gasteiger partial charge is 0.368 e. The number of carbonyl (C=O) groups excluding carboxylic acids is 1. The smallest absolute Gasteiger partial charge is 0.234 e. The van der Waals surface area contributed by atoms with E-state index in [1.807, 2.05) is 0 Å². The molecule has 1 atom stereocenters. The summed E-state index contributed by atoms with van der Waals surface area (Å²) < 4.78 is 13.9. The summed E-state index contributed by atoms with van der Waals surface area (Å²) in [5, 5.41) is 0. The Labute approximate surface area is 102 Å². The van der Waals surface area contributed by atoms with E-state index in [0.717, 1.165) is 4.47 Å². The second-order valence-corrected chi connectivity index (χ2v) is 3.86. The molecule has 1 amide bonds. The second-order valence-electron chi connectivity index (χ2n) is 2.95. The molecule has 0 fully saturated rings. The van der Waals surface area contributed by atoms with Gasteiger partial charge in [-0.05, 0) is 30.2 Å². The fourth-order valence-electron chi connectivity index (χ4n) is 1.04. The third kappa shape index (κ3) is 4.15. The van der Waals surface area contributed by atoms with E-state index in [1.165, 1.54) is 6.07 Å². The van der Waals surface area contributed by atoms with Crippen LogP contribution in [0, 0.1) is 5.82 Å². The zero-order valence-electron chi connectivity index (χ0n) is 7.74. The van der Waals surface area contributed by atoms with Gasteiger partial charge in [-0.1, -0.05) is 15.9 Å². The van der Waals surface area contributed by atoms with Gasteiger partial charge in [-0.2, -0.15) is 0 Å². The fourth-order valence-corrected chi connectivity index (χ4v) is 1.45. The van der Waals surface area contributed by atoms with Crippen molar-refractivity contribution >= 4 is 34.2 Å². The van der Waals surface area contributed by atoms with Crippen LogP contribution in [-0.2, 0) is 11.2 Å². The van der Waals surface area contributed by atoms with Crippen LogP contribution in [-0.4, -0.2) is 11.9 Å². The van der Waals surface area contributed by atoms with E-state index in [4.69, 9.17) is 11.5 Å². The zero-order chi connectivity index (χ0) is 10.7. The molecule has 0 aliphatic rings. The van der Waals surface area contributed by atoms with Gasteiger partial charge < -0.3 is 11.5 Å². The van der Waals surface area contributed by atoms with Gasteiger partial charge in [-0.3, -0.25) is 4.79 Å². The van der Waals surface area contributed by atoms with Gasteiger partial charge >= 0.3 is 0 Å². The lowest BCUT2D eigenvalue weighted by atomic mass is 10.1. The molecule has 0 saturated carbocycles. The molecule has 0 aliphatic heterocycles. The number of rotatable bonds is 3. The Morgan fingerprint density at radius 1 is 1.53 bits per heavy atom. The van der Waals surface area contributed by atoms with E-state index < -0.39 is 11.9 Å². The van der Waals surface area contributed by atoms with Crippen molar-refractivity contribution in [3.8, 4) is 0 Å². The highest BCUT2D eigenvalue weighted by Crippen LogP contribution is 2.16. The van der Waals surface area contributed by atoms with Crippen LogP contribution in [0.5, 0.6) is 0 Å². The summed E-state index contributed by atoms with van der Waals surface area (Å²) >= 11 is 3.20. The molecule has 84 valence electrons. The standard InChI is InChI=1S/C9H10BrFN2O.ClH/c10-6-1-2-7(11)5(3-6)4-8(12)9(13)14;/h1-3,8H,4,12H2,(H2,13,14);1H/t8-;/m0./s1. The molecule has 1 aromatic carbocycles. The molecule has 15 heavy (non-hydrogen) atoms. The minimum atomic E-state index is -0.848. The Morgan fingerprint density at radius 2 is 2.13 bits per heavy atom. The molecular formula is C9H11BrClFN2O. The molecule has 1 aromatic rings. The summed E-state index contributed by atoms with van der Waals surface area (Å²) in [4.78, 5) is 10.7. The molecule has 0 unspecified atom stereocenters. The van der Waals surface area contributed by atoms with Crippen LogP contribution in [0.3, 0.4) is 0 Å². The van der Waals surface area contributed by atoms with Gasteiger partial charge in [-0.15, -0.1) is 12.4 Å². The summed E-state index contributed by atoms with van der Waals surface area (Å²) in [5.74, 6) is -1.02. The zero-order valence-corrected chi connectivity index (χ0v) is 10.1. The van der Waals surface area contributed by atoms with E-state index >= 15 is 0 Å². The quantitative estimate of drug-likeness (QED) is 0.884. The van der Waals surface area contributed by atoms with Gasteiger partial charge in [0, 0.05) is 4.47 Å². The number of nitrogens with two attached hydrogens (primary N) is 2. The van der Waals surface area contributed by atoms with E-state index in [-0.39, 0.29) is 24.6 Å². The van der Waals surface area contributed by atoms with Crippen molar-refractivity contribution in [1.82, 2.24) is 0 Å². The van der Waals surface area contributed by atoms with Crippen molar-refractivity contribution in [3.63, 3.8) is 0 Å². The third-order valence-corrected chi connectivity index (χ3v) is 2.31. The summed E-state index contributed by atoms with van der Waals surface area (Å²) in [5.41, 5.74) is 10.8. The molecule has 1 rings (SSSR count). The molecule has 4 N–H and O–H groups in total. The van der Waals surface area contributed by atoms with Gasteiger partial charge in [0.2, 0.25) is 5.91 Å². The number of primary amides is 1. The lowest BCUT2D eigenvalue weighted by molar-refractivity contribution is -0.119. The first kappa shape index (κ1) is 14.3. The van der Waals surface area contributed by atoms with Gasteiger partial charge in [0.25, 0.3) is 0 Å². The van der Waals surface area contributed by atoms with Crippen LogP contribution in [0.2, 0.25) is 0 Å². The van der Waals surface area contributed by atoms with Crippen LogP contribution in [0.25, 0.3) is 0 Å². The predicted octanol–water partition coefficient (Wildman–Crippen LogP) is 1.37. The van der Waals surface area contributed by atoms with E-state index in [1.54, 1.807) is 12.1 Å². The molecule has 0 saturated heterocycles. The number of benzene rings is 1. The number of hydrogen-bond donors (Lipinski definition) is 2. The van der Waals surface area contributed by atoms with Crippen molar-refractivity contribution in [2.24, 2.45) is 11.5 Å². The Hall–Kier alpha value is -0.650. The molecule has 3 nitrogen and oxygen atoms in total. The van der Waals surface area contributed by atoms with Crippen LogP contribution < -0.4 is 11.5 Å². The highest BCUT2D eigenvalue weighted by molar-refractivity contribution is 9.10. The second kappa shape index (κ2) is 6.05. The highest BCUT2D eigenvalue weighted by Gasteiger charge is 2.12. The third-order valence-electron chi connectivity index (χ3n) is 1.81. The predicted molar refractivity (Wildman–Crippen MR) is 62.2 cm³/mol. The summed E-state index contributed by atoms with van der Waals surface area (Å²) in [6, 6.07) is 3.62. The number of hydrogen-bond acceptors (Lipinski definition) is 2. The normalized spacial score (nSPS) is 11.7. The van der Waals surface area contributed by atoms with Gasteiger partial charge in [0.05, 0.1) is 6.04 Å². The summed E-state index contributed by atoms with van der Waals surface area (Å²) in [7, 11) is 0. The highest BCUT2D eigenvalue weighted by atomic mass is 79.9. The molecule has 0 heterocycles. The molecular weight excluding hydrogens is 286 g/mol. The molecule has 6 heteroatoms. The lowest BCUT2D eigenvalue weighted by Crippen LogP contribution is -2.38. The summed E-state index contributed by atoms with van der Waals surface area (Å²) in [6.07, 6.45) is 0.112. The van der Waals surface area contributed by atoms with Gasteiger partial charge in [0.1, 0.15) is 5.82 Å². The molecule has 0 aliphatic carbocycles. The first-order valence-electron chi connectivity index (χ1n) is 3.99. The first-order valence-corrected chi connectivity index (χ1v) is 4.79. The average Bonchev–Trinajstić information content (AvgIpc) is 2.11. The Balaban J connectivity index is 0.00000196. The maximum absolute atomic E-state index is 13.2. The minimum absolute atomic E-state index is 0. The molecule has 0 aromatic heterocycles. The number of carbonyl (C=O) groups is 1. The van der Waals surface area contributed by atoms with Crippen molar-refractivity contribution in [1.29, 1.82) is 0 Å². The van der Waals surface area contributed by atoms with E-state index in [2.05, 4.69) is 15.9 Å². The molecule has 0 radical (unpaired) electrons. The first-order chi connectivity index (χ1) is 6.50. The molecule has 0 spiro atoms. The van der Waals surface area contributed by atoms with Crippen molar-refractivity contribution in [3.05, 3.63) is 34.1 Å². The Bertz CT molecular complexity index is 362. The number of amides is 1. The van der Waals surface area contributed by atoms with Crippen molar-refractivity contribution < 1.29 is 9.18 Å². The molecule has 0 bridgehead atoms. The summed E-state index contributed by atoms with van der Waals surface area (Å²) in [6.45, 7) is 0. The van der Waals surface area contributed by atoms with E-state index in [0.29, 0.717) is 5.56 Å². The van der Waals surface area contributed by atoms with Crippen LogP contribution >= 0.6 is 28.3 Å².